The maximum absolute atomic E-state index is 11.4. The third kappa shape index (κ3) is 2.54. The lowest BCUT2D eigenvalue weighted by atomic mass is 9.68. The summed E-state index contributed by atoms with van der Waals surface area (Å²) >= 11 is 0. The van der Waals surface area contributed by atoms with Crippen molar-refractivity contribution in [1.29, 1.82) is 0 Å². The van der Waals surface area contributed by atoms with Gasteiger partial charge in [-0.2, -0.15) is 0 Å². The van der Waals surface area contributed by atoms with Crippen LogP contribution in [0, 0.1) is 17.3 Å². The normalized spacial score (nSPS) is 43.8. The zero-order chi connectivity index (χ0) is 14.4. The van der Waals surface area contributed by atoms with Crippen LogP contribution < -0.4 is 0 Å². The van der Waals surface area contributed by atoms with Crippen molar-refractivity contribution in [3.05, 3.63) is 0 Å². The largest absolute Gasteiger partial charge is 0.389 e. The summed E-state index contributed by atoms with van der Waals surface area (Å²) in [6, 6.07) is 0. The van der Waals surface area contributed by atoms with Crippen LogP contribution in [-0.2, 0) is 4.74 Å². The second-order valence-electron chi connectivity index (χ2n) is 8.72. The van der Waals surface area contributed by atoms with Crippen molar-refractivity contribution in [2.45, 2.75) is 89.8 Å². The molecule has 1 N–H and O–H groups in total. The smallest absolute Gasteiger partial charge is 0.0708 e. The first-order valence-corrected chi connectivity index (χ1v) is 8.72. The molecule has 20 heavy (non-hydrogen) atoms. The first kappa shape index (κ1) is 14.8. The second-order valence-corrected chi connectivity index (χ2v) is 8.72. The Bertz CT molecular complexity index is 351. The van der Waals surface area contributed by atoms with Gasteiger partial charge in [0.15, 0.2) is 0 Å². The summed E-state index contributed by atoms with van der Waals surface area (Å²) in [4.78, 5) is 0. The molecule has 3 rings (SSSR count). The maximum Gasteiger partial charge on any atom is 0.0708 e. The monoisotopic (exact) mass is 280 g/mol. The molecule has 0 aromatic carbocycles. The Balaban J connectivity index is 1.76. The van der Waals surface area contributed by atoms with E-state index in [1.54, 1.807) is 0 Å². The second kappa shape index (κ2) is 4.98. The molecule has 1 aliphatic heterocycles. The van der Waals surface area contributed by atoms with Crippen molar-refractivity contribution in [3.63, 3.8) is 0 Å². The summed E-state index contributed by atoms with van der Waals surface area (Å²) in [6.45, 7) is 7.76. The van der Waals surface area contributed by atoms with Gasteiger partial charge >= 0.3 is 0 Å². The molecule has 0 bridgehead atoms. The lowest BCUT2D eigenvalue weighted by Gasteiger charge is -2.48. The van der Waals surface area contributed by atoms with E-state index < -0.39 is 5.60 Å². The predicted molar refractivity (Wildman–Crippen MR) is 81.6 cm³/mol. The van der Waals surface area contributed by atoms with Crippen LogP contribution in [0.15, 0.2) is 0 Å². The molecule has 3 unspecified atom stereocenters. The van der Waals surface area contributed by atoms with Crippen molar-refractivity contribution in [1.82, 2.24) is 0 Å². The molecule has 1 heterocycles. The number of hydrogen-bond acceptors (Lipinski definition) is 2. The summed E-state index contributed by atoms with van der Waals surface area (Å²) in [5.74, 6) is 0.882. The zero-order valence-electron chi connectivity index (χ0n) is 13.6. The minimum Gasteiger partial charge on any atom is -0.389 e. The van der Waals surface area contributed by atoms with Gasteiger partial charge in [-0.25, -0.2) is 0 Å². The molecule has 3 fully saturated rings. The van der Waals surface area contributed by atoms with Crippen LogP contribution in [0.5, 0.6) is 0 Å². The van der Waals surface area contributed by atoms with Gasteiger partial charge in [0.25, 0.3) is 0 Å². The Morgan fingerprint density at radius 2 is 1.75 bits per heavy atom. The molecule has 3 atom stereocenters. The third-order valence-corrected chi connectivity index (χ3v) is 6.44. The molecule has 116 valence electrons. The summed E-state index contributed by atoms with van der Waals surface area (Å²) in [5, 5.41) is 11.4. The van der Waals surface area contributed by atoms with Crippen LogP contribution in [0.4, 0.5) is 0 Å². The Morgan fingerprint density at radius 1 is 1.05 bits per heavy atom. The molecule has 0 amide bonds. The van der Waals surface area contributed by atoms with Gasteiger partial charge < -0.3 is 9.84 Å². The van der Waals surface area contributed by atoms with E-state index >= 15 is 0 Å². The van der Waals surface area contributed by atoms with E-state index in [9.17, 15) is 5.11 Å². The number of aliphatic hydroxyl groups is 1. The highest BCUT2D eigenvalue weighted by atomic mass is 16.5. The van der Waals surface area contributed by atoms with Gasteiger partial charge in [-0.3, -0.25) is 0 Å². The lowest BCUT2D eigenvalue weighted by Crippen LogP contribution is -2.50. The predicted octanol–water partition coefficient (Wildman–Crippen LogP) is 4.30. The molecule has 2 heteroatoms. The van der Waals surface area contributed by atoms with Crippen molar-refractivity contribution in [3.8, 4) is 0 Å². The van der Waals surface area contributed by atoms with Gasteiger partial charge in [0.2, 0.25) is 0 Å². The lowest BCUT2D eigenvalue weighted by molar-refractivity contribution is -0.164. The van der Waals surface area contributed by atoms with Gasteiger partial charge in [-0.15, -0.1) is 0 Å². The molecule has 1 saturated heterocycles. The van der Waals surface area contributed by atoms with Crippen LogP contribution in [0.25, 0.3) is 0 Å². The van der Waals surface area contributed by atoms with Crippen LogP contribution >= 0.6 is 0 Å². The van der Waals surface area contributed by atoms with E-state index in [1.165, 1.54) is 32.1 Å². The van der Waals surface area contributed by atoms with Crippen LogP contribution in [0.3, 0.4) is 0 Å². The van der Waals surface area contributed by atoms with Gasteiger partial charge in [0, 0.05) is 6.61 Å². The summed E-state index contributed by atoms with van der Waals surface area (Å²) in [5.41, 5.74) is -0.0344. The third-order valence-electron chi connectivity index (χ3n) is 6.44. The van der Waals surface area contributed by atoms with E-state index in [2.05, 4.69) is 20.8 Å². The topological polar surface area (TPSA) is 29.5 Å². The van der Waals surface area contributed by atoms with Crippen molar-refractivity contribution < 1.29 is 9.84 Å². The molecule has 2 saturated carbocycles. The highest BCUT2D eigenvalue weighted by Crippen LogP contribution is 2.55. The van der Waals surface area contributed by atoms with Gasteiger partial charge in [-0.05, 0) is 55.8 Å². The number of hydrogen-bond donors (Lipinski definition) is 1. The minimum absolute atomic E-state index is 0.114. The fourth-order valence-corrected chi connectivity index (χ4v) is 5.56. The van der Waals surface area contributed by atoms with Crippen molar-refractivity contribution in [2.24, 2.45) is 17.3 Å². The Hall–Kier alpha value is -0.0800. The highest BCUT2D eigenvalue weighted by Gasteiger charge is 2.54. The van der Waals surface area contributed by atoms with Gasteiger partial charge in [0.1, 0.15) is 0 Å². The zero-order valence-corrected chi connectivity index (χ0v) is 13.6. The molecular formula is C18H32O2. The fourth-order valence-electron chi connectivity index (χ4n) is 5.56. The molecule has 0 aromatic heterocycles. The van der Waals surface area contributed by atoms with E-state index in [0.29, 0.717) is 17.3 Å². The SMILES string of the molecule is CC1CC(C)(C)CC1(O)C1CCOC2(CCCCC2)C1. The highest BCUT2D eigenvalue weighted by molar-refractivity contribution is 5.05. The molecule has 2 aliphatic carbocycles. The van der Waals surface area contributed by atoms with Gasteiger partial charge in [0.05, 0.1) is 11.2 Å². The minimum atomic E-state index is -0.447. The summed E-state index contributed by atoms with van der Waals surface area (Å²) < 4.78 is 6.22. The molecule has 1 spiro atoms. The first-order chi connectivity index (χ1) is 9.35. The molecule has 0 aromatic rings. The molecule has 2 nitrogen and oxygen atoms in total. The van der Waals surface area contributed by atoms with Crippen LogP contribution in [-0.4, -0.2) is 22.9 Å². The average Bonchev–Trinajstić information content (AvgIpc) is 2.60. The van der Waals surface area contributed by atoms with Gasteiger partial charge in [-0.1, -0.05) is 40.0 Å². The Morgan fingerprint density at radius 3 is 2.35 bits per heavy atom. The summed E-state index contributed by atoms with van der Waals surface area (Å²) in [6.07, 6.45) is 10.7. The average molecular weight is 280 g/mol. The first-order valence-electron chi connectivity index (χ1n) is 8.72. The van der Waals surface area contributed by atoms with Crippen LogP contribution in [0.1, 0.15) is 78.6 Å². The Labute approximate surface area is 124 Å². The van der Waals surface area contributed by atoms with E-state index in [4.69, 9.17) is 4.74 Å². The summed E-state index contributed by atoms with van der Waals surface area (Å²) in [7, 11) is 0. The Kier molecular flexibility index (Phi) is 3.70. The van der Waals surface area contributed by atoms with Crippen LogP contribution in [0.2, 0.25) is 0 Å². The van der Waals surface area contributed by atoms with E-state index in [1.807, 2.05) is 0 Å². The maximum atomic E-state index is 11.4. The van der Waals surface area contributed by atoms with E-state index in [0.717, 1.165) is 32.3 Å². The number of ether oxygens (including phenoxy) is 1. The fraction of sp³-hybridized carbons (Fsp3) is 1.00. The molecular weight excluding hydrogens is 248 g/mol. The number of rotatable bonds is 1. The molecule has 3 aliphatic rings. The standard InChI is InChI=1S/C18H32O2/c1-14-11-16(2,3)13-18(14,19)15-7-10-20-17(12-15)8-5-4-6-9-17/h14-15,19H,4-13H2,1-3H3. The molecule has 0 radical (unpaired) electrons. The van der Waals surface area contributed by atoms with Crippen molar-refractivity contribution in [2.75, 3.05) is 6.61 Å². The van der Waals surface area contributed by atoms with E-state index in [-0.39, 0.29) is 5.60 Å². The quantitative estimate of drug-likeness (QED) is 0.776. The van der Waals surface area contributed by atoms with Crippen molar-refractivity contribution >= 4 is 0 Å².